The van der Waals surface area contributed by atoms with Crippen molar-refractivity contribution in [3.05, 3.63) is 16.3 Å². The normalized spacial score (nSPS) is 29.0. The number of rotatable bonds is 6. The monoisotopic (exact) mass is 392 g/mol. The van der Waals surface area contributed by atoms with Gasteiger partial charge in [0.15, 0.2) is 0 Å². The van der Waals surface area contributed by atoms with Crippen molar-refractivity contribution in [1.82, 2.24) is 30.3 Å². The van der Waals surface area contributed by atoms with Crippen LogP contribution in [-0.4, -0.2) is 76.0 Å². The van der Waals surface area contributed by atoms with Gasteiger partial charge in [-0.05, 0) is 45.1 Å². The van der Waals surface area contributed by atoms with Crippen LogP contribution < -0.4 is 16.3 Å². The standard InChI is InChI=1S/C19H32N6O3/c1-24-16(22-23-18(24)27)4-8-20-17(26)19-7-2-3-9-25(19)13-15(12-19)21-14-5-10-28-11-6-14/h14-15,21H,2-13H2,1H3,(H,20,26)(H,23,27)/t15-,19-/m0/s1. The van der Waals surface area contributed by atoms with Gasteiger partial charge < -0.3 is 15.4 Å². The molecule has 9 heteroatoms. The summed E-state index contributed by atoms with van der Waals surface area (Å²) in [6, 6.07) is 0.861. The molecule has 4 rings (SSSR count). The zero-order valence-electron chi connectivity index (χ0n) is 16.7. The second kappa shape index (κ2) is 8.34. The van der Waals surface area contributed by atoms with Crippen molar-refractivity contribution in [2.45, 2.75) is 62.6 Å². The Morgan fingerprint density at radius 1 is 1.32 bits per heavy atom. The molecule has 0 radical (unpaired) electrons. The number of aromatic amines is 1. The Balaban J connectivity index is 1.36. The van der Waals surface area contributed by atoms with Gasteiger partial charge in [0.25, 0.3) is 0 Å². The van der Waals surface area contributed by atoms with Gasteiger partial charge in [-0.1, -0.05) is 0 Å². The molecule has 3 aliphatic heterocycles. The minimum atomic E-state index is -0.390. The number of fused-ring (bicyclic) bond motifs is 1. The summed E-state index contributed by atoms with van der Waals surface area (Å²) in [5, 5.41) is 13.4. The molecule has 9 nitrogen and oxygen atoms in total. The lowest BCUT2D eigenvalue weighted by Gasteiger charge is -2.40. The lowest BCUT2D eigenvalue weighted by atomic mass is 9.84. The first-order valence-corrected chi connectivity index (χ1v) is 10.6. The molecule has 28 heavy (non-hydrogen) atoms. The molecule has 0 aliphatic carbocycles. The van der Waals surface area contributed by atoms with E-state index in [9.17, 15) is 9.59 Å². The largest absolute Gasteiger partial charge is 0.381 e. The number of piperidine rings is 1. The van der Waals surface area contributed by atoms with Crippen molar-refractivity contribution in [1.29, 1.82) is 0 Å². The van der Waals surface area contributed by atoms with E-state index in [2.05, 4.69) is 25.7 Å². The molecule has 156 valence electrons. The fourth-order valence-electron chi connectivity index (χ4n) is 5.04. The maximum atomic E-state index is 13.2. The molecule has 0 saturated carbocycles. The van der Waals surface area contributed by atoms with Crippen LogP contribution in [-0.2, 0) is 23.0 Å². The minimum Gasteiger partial charge on any atom is -0.381 e. The Morgan fingerprint density at radius 3 is 2.89 bits per heavy atom. The number of carbonyl (C=O) groups is 1. The molecule has 1 aromatic heterocycles. The van der Waals surface area contributed by atoms with E-state index in [4.69, 9.17) is 4.74 Å². The highest BCUT2D eigenvalue weighted by atomic mass is 16.5. The molecule has 2 atom stereocenters. The molecule has 0 spiro atoms. The third-order valence-corrected chi connectivity index (χ3v) is 6.62. The van der Waals surface area contributed by atoms with Crippen molar-refractivity contribution in [2.75, 3.05) is 32.8 Å². The number of hydrogen-bond donors (Lipinski definition) is 3. The van der Waals surface area contributed by atoms with Crippen molar-refractivity contribution < 1.29 is 9.53 Å². The summed E-state index contributed by atoms with van der Waals surface area (Å²) in [6.07, 6.45) is 6.70. The molecule has 3 saturated heterocycles. The van der Waals surface area contributed by atoms with Gasteiger partial charge >= 0.3 is 5.69 Å². The molecule has 3 N–H and O–H groups in total. The highest BCUT2D eigenvalue weighted by Gasteiger charge is 2.51. The number of H-pyrrole nitrogens is 1. The second-order valence-corrected chi connectivity index (χ2v) is 8.40. The number of amides is 1. The number of nitrogens with zero attached hydrogens (tertiary/aromatic N) is 3. The van der Waals surface area contributed by atoms with Crippen molar-refractivity contribution >= 4 is 5.91 Å². The number of hydrogen-bond acceptors (Lipinski definition) is 6. The summed E-state index contributed by atoms with van der Waals surface area (Å²) in [7, 11) is 1.69. The van der Waals surface area contributed by atoms with E-state index in [1.54, 1.807) is 7.05 Å². The van der Waals surface area contributed by atoms with Gasteiger partial charge in [0.2, 0.25) is 5.91 Å². The highest BCUT2D eigenvalue weighted by molar-refractivity contribution is 5.87. The van der Waals surface area contributed by atoms with E-state index in [0.717, 1.165) is 64.8 Å². The molecule has 0 unspecified atom stereocenters. The van der Waals surface area contributed by atoms with Crippen molar-refractivity contribution in [2.24, 2.45) is 7.05 Å². The Morgan fingerprint density at radius 2 is 2.14 bits per heavy atom. The maximum Gasteiger partial charge on any atom is 0.343 e. The summed E-state index contributed by atoms with van der Waals surface area (Å²) in [6.45, 7) is 4.08. The summed E-state index contributed by atoms with van der Waals surface area (Å²) in [4.78, 5) is 27.1. The zero-order valence-corrected chi connectivity index (χ0v) is 16.7. The van der Waals surface area contributed by atoms with Gasteiger partial charge in [-0.2, -0.15) is 5.10 Å². The first kappa shape index (κ1) is 19.6. The van der Waals surface area contributed by atoms with Crippen molar-refractivity contribution in [3.63, 3.8) is 0 Å². The predicted molar refractivity (Wildman–Crippen MR) is 104 cm³/mol. The van der Waals surface area contributed by atoms with Gasteiger partial charge in [0.05, 0.1) is 0 Å². The molecular formula is C19H32N6O3. The Hall–Kier alpha value is -1.71. The average molecular weight is 393 g/mol. The molecule has 4 heterocycles. The van der Waals surface area contributed by atoms with Crippen LogP contribution >= 0.6 is 0 Å². The van der Waals surface area contributed by atoms with E-state index in [1.165, 1.54) is 4.57 Å². The van der Waals surface area contributed by atoms with Crippen LogP contribution in [0.15, 0.2) is 4.79 Å². The van der Waals surface area contributed by atoms with E-state index in [0.29, 0.717) is 30.9 Å². The maximum absolute atomic E-state index is 13.2. The minimum absolute atomic E-state index is 0.129. The fourth-order valence-corrected chi connectivity index (χ4v) is 5.04. The van der Waals surface area contributed by atoms with Gasteiger partial charge in [0.1, 0.15) is 11.4 Å². The first-order valence-electron chi connectivity index (χ1n) is 10.6. The molecule has 3 fully saturated rings. The number of carbonyl (C=O) groups excluding carboxylic acids is 1. The van der Waals surface area contributed by atoms with Gasteiger partial charge in [-0.3, -0.25) is 14.3 Å². The SMILES string of the molecule is Cn1c(CCNC(=O)[C@@]23CCCCN2C[C@@H](NC2CCOCC2)C3)n[nH]c1=O. The van der Waals surface area contributed by atoms with Crippen LogP contribution in [0.5, 0.6) is 0 Å². The summed E-state index contributed by atoms with van der Waals surface area (Å²) in [5.74, 6) is 0.790. The molecule has 3 aliphatic rings. The lowest BCUT2D eigenvalue weighted by Crippen LogP contribution is -2.57. The Labute approximate surface area is 165 Å². The summed E-state index contributed by atoms with van der Waals surface area (Å²) < 4.78 is 6.95. The quantitative estimate of drug-likeness (QED) is 0.605. The van der Waals surface area contributed by atoms with E-state index in [1.807, 2.05) is 0 Å². The third-order valence-electron chi connectivity index (χ3n) is 6.62. The fraction of sp³-hybridized carbons (Fsp3) is 0.842. The number of nitrogens with one attached hydrogen (secondary N) is 3. The highest BCUT2D eigenvalue weighted by Crippen LogP contribution is 2.38. The lowest BCUT2D eigenvalue weighted by molar-refractivity contribution is -0.133. The van der Waals surface area contributed by atoms with E-state index in [-0.39, 0.29) is 11.6 Å². The van der Waals surface area contributed by atoms with Gasteiger partial charge in [0, 0.05) is 51.9 Å². The van der Waals surface area contributed by atoms with E-state index < -0.39 is 5.54 Å². The van der Waals surface area contributed by atoms with Crippen molar-refractivity contribution in [3.8, 4) is 0 Å². The smallest absolute Gasteiger partial charge is 0.343 e. The topological polar surface area (TPSA) is 104 Å². The molecule has 0 aromatic carbocycles. The van der Waals surface area contributed by atoms with Crippen LogP contribution in [0.2, 0.25) is 0 Å². The number of aromatic nitrogens is 3. The van der Waals surface area contributed by atoms with Crippen LogP contribution in [0, 0.1) is 0 Å². The van der Waals surface area contributed by atoms with Gasteiger partial charge in [-0.25, -0.2) is 9.89 Å². The molecule has 1 aromatic rings. The zero-order chi connectivity index (χ0) is 19.6. The molecular weight excluding hydrogens is 360 g/mol. The second-order valence-electron chi connectivity index (χ2n) is 8.40. The van der Waals surface area contributed by atoms with Gasteiger partial charge in [-0.15, -0.1) is 0 Å². The molecule has 0 bridgehead atoms. The summed E-state index contributed by atoms with van der Waals surface area (Å²) in [5.41, 5.74) is -0.616. The molecule has 1 amide bonds. The first-order chi connectivity index (χ1) is 13.6. The Kier molecular flexibility index (Phi) is 5.84. The average Bonchev–Trinajstić information content (AvgIpc) is 3.24. The number of ether oxygens (including phenoxy) is 1. The Bertz CT molecular complexity index is 740. The van der Waals surface area contributed by atoms with Crippen LogP contribution in [0.1, 0.15) is 44.3 Å². The third kappa shape index (κ3) is 3.88. The van der Waals surface area contributed by atoms with E-state index >= 15 is 0 Å². The van der Waals surface area contributed by atoms with Crippen LogP contribution in [0.3, 0.4) is 0 Å². The predicted octanol–water partition coefficient (Wildman–Crippen LogP) is -0.467. The summed E-state index contributed by atoms with van der Waals surface area (Å²) >= 11 is 0. The van der Waals surface area contributed by atoms with Crippen LogP contribution in [0.4, 0.5) is 0 Å². The van der Waals surface area contributed by atoms with Crippen LogP contribution in [0.25, 0.3) is 0 Å².